The third-order valence-corrected chi connectivity index (χ3v) is 4.08. The topological polar surface area (TPSA) is 59.3 Å². The Morgan fingerprint density at radius 3 is 2.86 bits per heavy atom. The Kier molecular flexibility index (Phi) is 5.68. The van der Waals surface area contributed by atoms with Crippen LogP contribution in [0.5, 0.6) is 5.75 Å². The third kappa shape index (κ3) is 4.52. The zero-order valence-electron chi connectivity index (χ0n) is 12.4. The van der Waals surface area contributed by atoms with Gasteiger partial charge in [0.1, 0.15) is 5.75 Å². The lowest BCUT2D eigenvalue weighted by atomic mass is 9.41. The van der Waals surface area contributed by atoms with Crippen molar-refractivity contribution in [3.8, 4) is 11.7 Å². The summed E-state index contributed by atoms with van der Waals surface area (Å²) < 4.78 is 10.4. The molecule has 0 amide bonds. The first-order valence-corrected chi connectivity index (χ1v) is 7.43. The molecule has 0 unspecified atom stereocenters. The quantitative estimate of drug-likeness (QED) is 0.615. The highest BCUT2D eigenvalue weighted by Gasteiger charge is 2.23. The van der Waals surface area contributed by atoms with Gasteiger partial charge in [-0.2, -0.15) is 0 Å². The summed E-state index contributed by atoms with van der Waals surface area (Å²) in [5.41, 5.74) is 0.504. The lowest BCUT2D eigenvalue weighted by molar-refractivity contribution is 0.0600. The molecule has 21 heavy (non-hydrogen) atoms. The molecule has 1 aliphatic rings. The molecule has 0 atom stereocenters. The zero-order valence-corrected chi connectivity index (χ0v) is 12.4. The Labute approximate surface area is 126 Å². The maximum atomic E-state index is 11.4. The minimum absolute atomic E-state index is 0.249. The van der Waals surface area contributed by atoms with E-state index in [1.807, 2.05) is 6.07 Å². The monoisotopic (exact) mass is 285 g/mol. The molecule has 110 valence electrons. The predicted octanol–water partition coefficient (Wildman–Crippen LogP) is 3.21. The van der Waals surface area contributed by atoms with Crippen molar-refractivity contribution in [3.05, 3.63) is 29.8 Å². The SMILES string of the molecule is COC(=O)c1cccc(OCCC2CCB(C#N)CC2)c1. The summed E-state index contributed by atoms with van der Waals surface area (Å²) in [6.45, 7) is 0.894. The molecule has 0 bridgehead atoms. The third-order valence-electron chi connectivity index (χ3n) is 4.08. The maximum Gasteiger partial charge on any atom is 0.337 e. The zero-order chi connectivity index (χ0) is 15.1. The van der Waals surface area contributed by atoms with Gasteiger partial charge in [-0.1, -0.05) is 31.5 Å². The fraction of sp³-hybridized carbons (Fsp3) is 0.500. The van der Waals surface area contributed by atoms with Gasteiger partial charge in [-0.15, -0.1) is 0 Å². The highest BCUT2D eigenvalue weighted by Crippen LogP contribution is 2.27. The molecule has 5 heteroatoms. The number of carbonyl (C=O) groups is 1. The summed E-state index contributed by atoms with van der Waals surface area (Å²) in [7, 11) is 1.37. The number of nitrogens with zero attached hydrogens (tertiary/aromatic N) is 1. The van der Waals surface area contributed by atoms with Crippen molar-refractivity contribution in [2.75, 3.05) is 13.7 Å². The van der Waals surface area contributed by atoms with E-state index in [9.17, 15) is 4.79 Å². The molecule has 0 aromatic heterocycles. The second-order valence-corrected chi connectivity index (χ2v) is 5.50. The average Bonchev–Trinajstić information content (AvgIpc) is 2.55. The molecule has 4 nitrogen and oxygen atoms in total. The smallest absolute Gasteiger partial charge is 0.337 e. The summed E-state index contributed by atoms with van der Waals surface area (Å²) >= 11 is 0. The Morgan fingerprint density at radius 1 is 1.43 bits per heavy atom. The molecule has 2 rings (SSSR count). The molecule has 1 aliphatic heterocycles. The number of methoxy groups -OCH3 is 1. The number of carbonyl (C=O) groups excluding carboxylic acids is 1. The van der Waals surface area contributed by atoms with Crippen molar-refractivity contribution in [1.82, 2.24) is 0 Å². The second-order valence-electron chi connectivity index (χ2n) is 5.50. The lowest BCUT2D eigenvalue weighted by Crippen LogP contribution is -2.21. The Bertz CT molecular complexity index is 518. The molecule has 1 saturated heterocycles. The van der Waals surface area contributed by atoms with Gasteiger partial charge in [-0.3, -0.25) is 0 Å². The molecular formula is C16H20BNO3. The highest BCUT2D eigenvalue weighted by molar-refractivity contribution is 6.67. The number of hydrogen-bond acceptors (Lipinski definition) is 4. The van der Waals surface area contributed by atoms with Gasteiger partial charge in [-0.25, -0.2) is 10.1 Å². The van der Waals surface area contributed by atoms with Gasteiger partial charge >= 0.3 is 5.97 Å². The van der Waals surface area contributed by atoms with Crippen molar-refractivity contribution in [2.24, 2.45) is 5.92 Å². The van der Waals surface area contributed by atoms with Crippen LogP contribution in [-0.4, -0.2) is 26.4 Å². The summed E-state index contributed by atoms with van der Waals surface area (Å²) in [5.74, 6) is 3.35. The maximum absolute atomic E-state index is 11.4. The molecular weight excluding hydrogens is 265 g/mol. The average molecular weight is 285 g/mol. The van der Waals surface area contributed by atoms with Crippen LogP contribution in [0, 0.1) is 17.1 Å². The highest BCUT2D eigenvalue weighted by atomic mass is 16.5. The summed E-state index contributed by atoms with van der Waals surface area (Å²) in [5, 5.41) is 8.88. The van der Waals surface area contributed by atoms with E-state index in [4.69, 9.17) is 14.7 Å². The number of benzene rings is 1. The van der Waals surface area contributed by atoms with Crippen molar-refractivity contribution < 1.29 is 14.3 Å². The standard InChI is InChI=1S/C16H20BNO3/c1-20-16(19)14-3-2-4-15(11-14)21-10-7-13-5-8-17(12-18)9-6-13/h2-4,11,13H,5-10H2,1H3. The normalized spacial score (nSPS) is 15.3. The summed E-state index contributed by atoms with van der Waals surface area (Å²) in [6, 6.07) is 7.05. The number of nitriles is 1. The molecule has 0 N–H and O–H groups in total. The van der Waals surface area contributed by atoms with E-state index in [2.05, 4.69) is 5.97 Å². The van der Waals surface area contributed by atoms with Gasteiger partial charge in [0, 0.05) is 5.97 Å². The Balaban J connectivity index is 1.76. The van der Waals surface area contributed by atoms with Crippen LogP contribution in [0.2, 0.25) is 12.6 Å². The first-order chi connectivity index (χ1) is 10.2. The first-order valence-electron chi connectivity index (χ1n) is 7.43. The van der Waals surface area contributed by atoms with Crippen LogP contribution in [-0.2, 0) is 4.74 Å². The Morgan fingerprint density at radius 2 is 2.19 bits per heavy atom. The van der Waals surface area contributed by atoms with Gasteiger partial charge in [-0.05, 0) is 30.5 Å². The minimum Gasteiger partial charge on any atom is -0.494 e. The molecule has 1 aromatic rings. The van der Waals surface area contributed by atoms with E-state index >= 15 is 0 Å². The van der Waals surface area contributed by atoms with Crippen LogP contribution < -0.4 is 4.74 Å². The first kappa shape index (κ1) is 15.4. The Hall–Kier alpha value is -1.96. The van der Waals surface area contributed by atoms with E-state index < -0.39 is 0 Å². The van der Waals surface area contributed by atoms with Gasteiger partial charge in [0.2, 0.25) is 0 Å². The van der Waals surface area contributed by atoms with Crippen molar-refractivity contribution in [2.45, 2.75) is 31.9 Å². The summed E-state index contributed by atoms with van der Waals surface area (Å²) in [6.07, 6.45) is 5.26. The van der Waals surface area contributed by atoms with Crippen LogP contribution in [0.1, 0.15) is 29.6 Å². The molecule has 0 radical (unpaired) electrons. The van der Waals surface area contributed by atoms with Crippen molar-refractivity contribution in [1.29, 1.82) is 5.26 Å². The number of rotatable bonds is 5. The van der Waals surface area contributed by atoms with Gasteiger partial charge in [0.05, 0.1) is 19.3 Å². The molecule has 1 fully saturated rings. The van der Waals surface area contributed by atoms with Crippen LogP contribution in [0.15, 0.2) is 24.3 Å². The second kappa shape index (κ2) is 7.73. The van der Waals surface area contributed by atoms with Crippen LogP contribution in [0.25, 0.3) is 0 Å². The van der Waals surface area contributed by atoms with Crippen molar-refractivity contribution >= 4 is 12.7 Å². The van der Waals surface area contributed by atoms with Crippen molar-refractivity contribution in [3.63, 3.8) is 0 Å². The molecule has 1 heterocycles. The van der Waals surface area contributed by atoms with Crippen LogP contribution in [0.3, 0.4) is 0 Å². The number of ether oxygens (including phenoxy) is 2. The molecule has 0 spiro atoms. The van der Waals surface area contributed by atoms with Crippen LogP contribution in [0.4, 0.5) is 0 Å². The van der Waals surface area contributed by atoms with Crippen LogP contribution >= 0.6 is 0 Å². The minimum atomic E-state index is -0.352. The van der Waals surface area contributed by atoms with Gasteiger partial charge in [0.15, 0.2) is 0 Å². The molecule has 0 aliphatic carbocycles. The van der Waals surface area contributed by atoms with E-state index in [1.54, 1.807) is 18.2 Å². The predicted molar refractivity (Wildman–Crippen MR) is 81.6 cm³/mol. The number of esters is 1. The lowest BCUT2D eigenvalue weighted by Gasteiger charge is -2.23. The molecule has 1 aromatic carbocycles. The van der Waals surface area contributed by atoms with Gasteiger partial charge in [0.25, 0.3) is 6.71 Å². The fourth-order valence-corrected chi connectivity index (χ4v) is 2.75. The summed E-state index contributed by atoms with van der Waals surface area (Å²) in [4.78, 5) is 11.4. The van der Waals surface area contributed by atoms with E-state index in [-0.39, 0.29) is 12.7 Å². The molecule has 0 saturated carbocycles. The van der Waals surface area contributed by atoms with E-state index in [0.29, 0.717) is 23.8 Å². The van der Waals surface area contributed by atoms with E-state index in [0.717, 1.165) is 31.9 Å². The largest absolute Gasteiger partial charge is 0.494 e. The fourth-order valence-electron chi connectivity index (χ4n) is 2.75. The number of hydrogen-bond donors (Lipinski definition) is 0. The van der Waals surface area contributed by atoms with E-state index in [1.165, 1.54) is 7.11 Å². The van der Waals surface area contributed by atoms with Gasteiger partial charge < -0.3 is 9.47 Å².